The lowest BCUT2D eigenvalue weighted by molar-refractivity contribution is -0.149. The van der Waals surface area contributed by atoms with Gasteiger partial charge in [-0.25, -0.2) is 4.79 Å². The first-order valence-corrected chi connectivity index (χ1v) is 8.45. The number of hydrogen-bond donors (Lipinski definition) is 2. The zero-order valence-electron chi connectivity index (χ0n) is 15.3. The number of alkyl halides is 3. The Morgan fingerprint density at radius 1 is 1.11 bits per heavy atom. The number of carbonyl (C=O) groups is 2. The van der Waals surface area contributed by atoms with Gasteiger partial charge in [-0.05, 0) is 42.7 Å². The molecule has 1 amide bonds. The van der Waals surface area contributed by atoms with Gasteiger partial charge in [0.05, 0.1) is 5.92 Å². The molecule has 5 nitrogen and oxygen atoms in total. The van der Waals surface area contributed by atoms with Crippen molar-refractivity contribution in [1.82, 2.24) is 5.32 Å². The minimum Gasteiger partial charge on any atom is -0.481 e. The molecule has 0 bridgehead atoms. The molecule has 0 aliphatic rings. The lowest BCUT2D eigenvalue weighted by atomic mass is 9.98. The van der Waals surface area contributed by atoms with Gasteiger partial charge >= 0.3 is 12.1 Å². The summed E-state index contributed by atoms with van der Waals surface area (Å²) in [7, 11) is 0. The van der Waals surface area contributed by atoms with Crippen molar-refractivity contribution in [1.29, 1.82) is 0 Å². The second-order valence-corrected chi connectivity index (χ2v) is 6.34. The van der Waals surface area contributed by atoms with E-state index in [4.69, 9.17) is 9.84 Å². The molecule has 0 radical (unpaired) electrons. The minimum atomic E-state index is -4.50. The van der Waals surface area contributed by atoms with E-state index >= 15 is 0 Å². The topological polar surface area (TPSA) is 75.6 Å². The summed E-state index contributed by atoms with van der Waals surface area (Å²) in [5.41, 5.74) is 1.27. The number of carboxylic acid groups (broad SMARTS) is 1. The van der Waals surface area contributed by atoms with Crippen molar-refractivity contribution in [2.75, 3.05) is 13.2 Å². The molecule has 0 fully saturated rings. The summed E-state index contributed by atoms with van der Waals surface area (Å²) in [4.78, 5) is 23.0. The van der Waals surface area contributed by atoms with E-state index in [1.807, 2.05) is 0 Å². The lowest BCUT2D eigenvalue weighted by Gasteiger charge is -2.21. The zero-order valence-corrected chi connectivity index (χ0v) is 15.3. The van der Waals surface area contributed by atoms with E-state index in [1.54, 1.807) is 19.9 Å². The first kappa shape index (κ1) is 21.3. The SMILES string of the molecule is Cc1cc(C(=O)NCC(c2ccccc2)C(F)(F)F)cc(C)c1OCC(=O)O. The molecule has 0 aromatic heterocycles. The molecule has 1 unspecified atom stereocenters. The van der Waals surface area contributed by atoms with Gasteiger partial charge in [-0.1, -0.05) is 30.3 Å². The second kappa shape index (κ2) is 8.77. The zero-order chi connectivity index (χ0) is 20.9. The molecule has 2 aromatic carbocycles. The van der Waals surface area contributed by atoms with E-state index in [-0.39, 0.29) is 11.1 Å². The van der Waals surface area contributed by atoms with Crippen molar-refractivity contribution < 1.29 is 32.6 Å². The van der Waals surface area contributed by atoms with Gasteiger partial charge in [0.1, 0.15) is 5.75 Å². The molecular formula is C20H20F3NO4. The first-order valence-electron chi connectivity index (χ1n) is 8.45. The van der Waals surface area contributed by atoms with Crippen LogP contribution in [-0.2, 0) is 4.79 Å². The molecule has 0 saturated heterocycles. The average molecular weight is 395 g/mol. The van der Waals surface area contributed by atoms with E-state index in [9.17, 15) is 22.8 Å². The Labute approximate surface area is 160 Å². The van der Waals surface area contributed by atoms with Crippen LogP contribution in [0.1, 0.15) is 33.0 Å². The summed E-state index contributed by atoms with van der Waals surface area (Å²) in [6, 6.07) is 10.3. The highest BCUT2D eigenvalue weighted by atomic mass is 19.4. The van der Waals surface area contributed by atoms with Crippen LogP contribution in [0.25, 0.3) is 0 Å². The molecule has 2 aromatic rings. The van der Waals surface area contributed by atoms with Crippen LogP contribution in [0, 0.1) is 13.8 Å². The Balaban J connectivity index is 2.14. The van der Waals surface area contributed by atoms with Crippen molar-refractivity contribution in [3.8, 4) is 5.75 Å². The number of aryl methyl sites for hydroxylation is 2. The van der Waals surface area contributed by atoms with Gasteiger partial charge in [0.2, 0.25) is 0 Å². The molecule has 0 aliphatic carbocycles. The number of ether oxygens (including phenoxy) is 1. The van der Waals surface area contributed by atoms with Crippen LogP contribution >= 0.6 is 0 Å². The number of amides is 1. The third-order valence-corrected chi connectivity index (χ3v) is 4.13. The van der Waals surface area contributed by atoms with Crippen molar-refractivity contribution in [3.05, 3.63) is 64.7 Å². The van der Waals surface area contributed by atoms with Crippen LogP contribution in [0.3, 0.4) is 0 Å². The Morgan fingerprint density at radius 3 is 2.18 bits per heavy atom. The summed E-state index contributed by atoms with van der Waals surface area (Å²) in [6.07, 6.45) is -4.50. The Bertz CT molecular complexity index is 827. The third-order valence-electron chi connectivity index (χ3n) is 4.13. The van der Waals surface area contributed by atoms with Gasteiger partial charge in [-0.15, -0.1) is 0 Å². The highest BCUT2D eigenvalue weighted by molar-refractivity contribution is 5.95. The predicted octanol–water partition coefficient (Wildman–Crippen LogP) is 3.84. The summed E-state index contributed by atoms with van der Waals surface area (Å²) in [5.74, 6) is -3.28. The van der Waals surface area contributed by atoms with Crippen LogP contribution in [0.4, 0.5) is 13.2 Å². The highest BCUT2D eigenvalue weighted by Crippen LogP contribution is 2.34. The molecule has 0 heterocycles. The van der Waals surface area contributed by atoms with E-state index < -0.39 is 37.1 Å². The van der Waals surface area contributed by atoms with Crippen LogP contribution in [0.2, 0.25) is 0 Å². The monoisotopic (exact) mass is 395 g/mol. The fraction of sp³-hybridized carbons (Fsp3) is 0.300. The van der Waals surface area contributed by atoms with Gasteiger partial charge < -0.3 is 15.2 Å². The molecule has 0 spiro atoms. The Morgan fingerprint density at radius 2 is 1.68 bits per heavy atom. The lowest BCUT2D eigenvalue weighted by Crippen LogP contribution is -2.35. The number of carboxylic acids is 1. The van der Waals surface area contributed by atoms with Crippen molar-refractivity contribution in [2.24, 2.45) is 0 Å². The molecule has 0 aliphatic heterocycles. The maximum atomic E-state index is 13.4. The van der Waals surface area contributed by atoms with Gasteiger partial charge in [0, 0.05) is 12.1 Å². The summed E-state index contributed by atoms with van der Waals surface area (Å²) >= 11 is 0. The number of aliphatic carboxylic acids is 1. The van der Waals surface area contributed by atoms with E-state index in [2.05, 4.69) is 5.32 Å². The van der Waals surface area contributed by atoms with E-state index in [1.165, 1.54) is 36.4 Å². The minimum absolute atomic E-state index is 0.0695. The number of halogens is 3. The highest BCUT2D eigenvalue weighted by Gasteiger charge is 2.40. The quantitative estimate of drug-likeness (QED) is 0.747. The number of hydrogen-bond acceptors (Lipinski definition) is 3. The molecule has 2 rings (SSSR count). The molecule has 8 heteroatoms. The number of rotatable bonds is 7. The van der Waals surface area contributed by atoms with Gasteiger partial charge in [0.25, 0.3) is 5.91 Å². The molecular weight excluding hydrogens is 375 g/mol. The normalized spacial score (nSPS) is 12.3. The fourth-order valence-electron chi connectivity index (χ4n) is 2.85. The van der Waals surface area contributed by atoms with Crippen molar-refractivity contribution in [3.63, 3.8) is 0 Å². The summed E-state index contributed by atoms with van der Waals surface area (Å²) in [6.45, 7) is 2.13. The second-order valence-electron chi connectivity index (χ2n) is 6.34. The predicted molar refractivity (Wildman–Crippen MR) is 96.6 cm³/mol. The molecule has 150 valence electrons. The van der Waals surface area contributed by atoms with Crippen molar-refractivity contribution in [2.45, 2.75) is 25.9 Å². The Kier molecular flexibility index (Phi) is 6.66. The van der Waals surface area contributed by atoms with Crippen LogP contribution in [0.15, 0.2) is 42.5 Å². The molecule has 0 saturated carbocycles. The van der Waals surface area contributed by atoms with Crippen LogP contribution in [0.5, 0.6) is 5.75 Å². The molecule has 28 heavy (non-hydrogen) atoms. The Hall–Kier alpha value is -3.03. The van der Waals surface area contributed by atoms with Gasteiger partial charge in [-0.2, -0.15) is 13.2 Å². The van der Waals surface area contributed by atoms with E-state index in [0.29, 0.717) is 16.9 Å². The fourth-order valence-corrected chi connectivity index (χ4v) is 2.85. The van der Waals surface area contributed by atoms with Crippen molar-refractivity contribution >= 4 is 11.9 Å². The average Bonchev–Trinajstić information content (AvgIpc) is 2.60. The number of nitrogens with one attached hydrogen (secondary N) is 1. The summed E-state index contributed by atoms with van der Waals surface area (Å²) < 4.78 is 45.3. The van der Waals surface area contributed by atoms with Gasteiger partial charge in [-0.3, -0.25) is 4.79 Å². The third kappa shape index (κ3) is 5.48. The molecule has 1 atom stereocenters. The maximum Gasteiger partial charge on any atom is 0.397 e. The summed E-state index contributed by atoms with van der Waals surface area (Å²) in [5, 5.41) is 11.0. The largest absolute Gasteiger partial charge is 0.481 e. The number of benzene rings is 2. The van der Waals surface area contributed by atoms with Crippen LogP contribution < -0.4 is 10.1 Å². The first-order chi connectivity index (χ1) is 13.1. The molecule has 2 N–H and O–H groups in total. The smallest absolute Gasteiger partial charge is 0.397 e. The van der Waals surface area contributed by atoms with Gasteiger partial charge in [0.15, 0.2) is 6.61 Å². The maximum absolute atomic E-state index is 13.4. The van der Waals surface area contributed by atoms with E-state index in [0.717, 1.165) is 0 Å². The van der Waals surface area contributed by atoms with Crippen LogP contribution in [-0.4, -0.2) is 36.3 Å². The number of carbonyl (C=O) groups excluding carboxylic acids is 1. The standard InChI is InChI=1S/C20H20F3NO4/c1-12-8-15(9-13(2)18(12)28-11-17(25)26)19(27)24-10-16(20(21,22)23)14-6-4-3-5-7-14/h3-9,16H,10-11H2,1-2H3,(H,24,27)(H,25,26).